The third kappa shape index (κ3) is 3.95. The summed E-state index contributed by atoms with van der Waals surface area (Å²) in [5.41, 5.74) is 7.62. The molecule has 1 unspecified atom stereocenters. The van der Waals surface area contributed by atoms with Gasteiger partial charge in [0.15, 0.2) is 0 Å². The quantitative estimate of drug-likeness (QED) is 0.675. The number of aliphatic hydroxyl groups is 1. The van der Waals surface area contributed by atoms with Crippen LogP contribution in [0.5, 0.6) is 0 Å². The first-order valence-corrected chi connectivity index (χ1v) is 7.26. The smallest absolute Gasteiger partial charge is 0.244 e. The van der Waals surface area contributed by atoms with E-state index in [-0.39, 0.29) is 30.7 Å². The molecule has 6 nitrogen and oxygen atoms in total. The molecule has 1 amide bonds. The van der Waals surface area contributed by atoms with Crippen LogP contribution < -0.4 is 11.1 Å². The molecule has 1 fully saturated rings. The number of aromatic nitrogens is 2. The highest BCUT2D eigenvalue weighted by Crippen LogP contribution is 2.29. The van der Waals surface area contributed by atoms with E-state index in [9.17, 15) is 9.90 Å². The number of aromatic amines is 1. The van der Waals surface area contributed by atoms with Gasteiger partial charge in [0.1, 0.15) is 11.9 Å². The molecule has 0 saturated heterocycles. The van der Waals surface area contributed by atoms with E-state index in [1.54, 1.807) is 13.0 Å². The molecule has 1 aromatic heterocycles. The molecule has 1 heterocycles. The van der Waals surface area contributed by atoms with Gasteiger partial charge in [-0.15, -0.1) is 24.8 Å². The van der Waals surface area contributed by atoms with Crippen molar-refractivity contribution in [1.82, 2.24) is 9.97 Å². The van der Waals surface area contributed by atoms with Crippen LogP contribution >= 0.6 is 24.8 Å². The summed E-state index contributed by atoms with van der Waals surface area (Å²) in [6.45, 7) is 1.65. The Balaban J connectivity index is 0.00000132. The van der Waals surface area contributed by atoms with E-state index in [0.717, 1.165) is 36.7 Å². The Morgan fingerprint density at radius 2 is 2.04 bits per heavy atom. The number of rotatable bonds is 3. The second kappa shape index (κ2) is 7.49. The SMILES string of the molecule is CC(O)c1nc2ccc(NC(=O)C3(N)CCCC3)cc2[nH]1.Cl.Cl. The van der Waals surface area contributed by atoms with Gasteiger partial charge in [-0.05, 0) is 38.0 Å². The number of fused-ring (bicyclic) bond motifs is 1. The minimum atomic E-state index is -0.742. The third-order valence-electron chi connectivity index (χ3n) is 4.10. The van der Waals surface area contributed by atoms with Crippen LogP contribution in [0.1, 0.15) is 44.5 Å². The predicted molar refractivity (Wildman–Crippen MR) is 95.2 cm³/mol. The van der Waals surface area contributed by atoms with Crippen molar-refractivity contribution in [2.45, 2.75) is 44.2 Å². The Hall–Kier alpha value is -1.34. The topological polar surface area (TPSA) is 104 Å². The van der Waals surface area contributed by atoms with Crippen LogP contribution in [0.25, 0.3) is 11.0 Å². The number of benzene rings is 1. The number of hydrogen-bond donors (Lipinski definition) is 4. The molecule has 23 heavy (non-hydrogen) atoms. The van der Waals surface area contributed by atoms with Crippen molar-refractivity contribution in [2.75, 3.05) is 5.32 Å². The number of nitrogens with one attached hydrogen (secondary N) is 2. The molecular formula is C15H22Cl2N4O2. The Morgan fingerprint density at radius 3 is 2.65 bits per heavy atom. The van der Waals surface area contributed by atoms with E-state index in [2.05, 4.69) is 15.3 Å². The van der Waals surface area contributed by atoms with Gasteiger partial charge < -0.3 is 21.1 Å². The summed E-state index contributed by atoms with van der Waals surface area (Å²) in [4.78, 5) is 19.6. The molecule has 1 saturated carbocycles. The number of anilines is 1. The summed E-state index contributed by atoms with van der Waals surface area (Å²) in [6.07, 6.45) is 2.82. The van der Waals surface area contributed by atoms with Crippen LogP contribution in [-0.4, -0.2) is 26.5 Å². The Morgan fingerprint density at radius 1 is 1.39 bits per heavy atom. The number of halogens is 2. The number of H-pyrrole nitrogens is 1. The average Bonchev–Trinajstić information content (AvgIpc) is 3.05. The number of carbonyl (C=O) groups excluding carboxylic acids is 1. The zero-order chi connectivity index (χ0) is 15.0. The third-order valence-corrected chi connectivity index (χ3v) is 4.10. The fourth-order valence-electron chi connectivity index (χ4n) is 2.79. The van der Waals surface area contributed by atoms with E-state index in [4.69, 9.17) is 5.73 Å². The van der Waals surface area contributed by atoms with Crippen molar-refractivity contribution in [3.63, 3.8) is 0 Å². The van der Waals surface area contributed by atoms with Crippen molar-refractivity contribution >= 4 is 47.4 Å². The van der Waals surface area contributed by atoms with Crippen LogP contribution in [0.15, 0.2) is 18.2 Å². The number of carbonyl (C=O) groups is 1. The molecule has 0 radical (unpaired) electrons. The highest BCUT2D eigenvalue weighted by atomic mass is 35.5. The molecule has 128 valence electrons. The van der Waals surface area contributed by atoms with Crippen LogP contribution in [0.2, 0.25) is 0 Å². The summed E-state index contributed by atoms with van der Waals surface area (Å²) in [5, 5.41) is 12.4. The number of nitrogens with zero attached hydrogens (tertiary/aromatic N) is 1. The highest BCUT2D eigenvalue weighted by Gasteiger charge is 2.36. The first kappa shape index (κ1) is 19.7. The summed E-state index contributed by atoms with van der Waals surface area (Å²) < 4.78 is 0. The molecule has 0 spiro atoms. The lowest BCUT2D eigenvalue weighted by Gasteiger charge is -2.22. The molecule has 1 aliphatic carbocycles. The van der Waals surface area contributed by atoms with Crippen molar-refractivity contribution in [2.24, 2.45) is 5.73 Å². The van der Waals surface area contributed by atoms with Gasteiger partial charge in [-0.1, -0.05) is 12.8 Å². The zero-order valence-electron chi connectivity index (χ0n) is 12.8. The zero-order valence-corrected chi connectivity index (χ0v) is 14.5. The largest absolute Gasteiger partial charge is 0.385 e. The van der Waals surface area contributed by atoms with Gasteiger partial charge in [0, 0.05) is 5.69 Å². The molecule has 0 bridgehead atoms. The number of nitrogens with two attached hydrogens (primary N) is 1. The normalized spacial score (nSPS) is 17.2. The van der Waals surface area contributed by atoms with E-state index < -0.39 is 11.6 Å². The van der Waals surface area contributed by atoms with Gasteiger partial charge in [-0.3, -0.25) is 4.79 Å². The molecule has 0 aliphatic heterocycles. The minimum Gasteiger partial charge on any atom is -0.385 e. The summed E-state index contributed by atoms with van der Waals surface area (Å²) in [6, 6.07) is 5.42. The first-order chi connectivity index (χ1) is 9.98. The van der Waals surface area contributed by atoms with E-state index in [1.807, 2.05) is 12.1 Å². The van der Waals surface area contributed by atoms with Gasteiger partial charge in [0.25, 0.3) is 0 Å². The number of hydrogen-bond acceptors (Lipinski definition) is 4. The molecular weight excluding hydrogens is 339 g/mol. The molecule has 3 rings (SSSR count). The maximum Gasteiger partial charge on any atom is 0.244 e. The highest BCUT2D eigenvalue weighted by molar-refractivity contribution is 5.99. The number of aliphatic hydroxyl groups excluding tert-OH is 1. The minimum absolute atomic E-state index is 0. The first-order valence-electron chi connectivity index (χ1n) is 7.26. The maximum absolute atomic E-state index is 12.3. The maximum atomic E-state index is 12.3. The molecule has 1 aliphatic rings. The standard InChI is InChI=1S/C15H20N4O2.2ClH/c1-9(20)13-18-11-5-4-10(8-12(11)19-13)17-14(21)15(16)6-2-3-7-15;;/h4-5,8-9,20H,2-3,6-7,16H2,1H3,(H,17,21)(H,18,19);2*1H. The van der Waals surface area contributed by atoms with Crippen molar-refractivity contribution in [3.05, 3.63) is 24.0 Å². The fraction of sp³-hybridized carbons (Fsp3) is 0.467. The molecule has 5 N–H and O–H groups in total. The average molecular weight is 361 g/mol. The van der Waals surface area contributed by atoms with Gasteiger partial charge in [-0.25, -0.2) is 4.98 Å². The summed E-state index contributed by atoms with van der Waals surface area (Å²) in [5.74, 6) is 0.383. The molecule has 2 aromatic rings. The van der Waals surface area contributed by atoms with E-state index in [1.165, 1.54) is 0 Å². The van der Waals surface area contributed by atoms with Gasteiger partial charge >= 0.3 is 0 Å². The van der Waals surface area contributed by atoms with Crippen molar-refractivity contribution < 1.29 is 9.90 Å². The lowest BCUT2D eigenvalue weighted by atomic mass is 9.98. The number of imidazole rings is 1. The Bertz CT molecular complexity index is 681. The number of amides is 1. The summed E-state index contributed by atoms with van der Waals surface area (Å²) in [7, 11) is 0. The van der Waals surface area contributed by atoms with E-state index in [0.29, 0.717) is 11.5 Å². The van der Waals surface area contributed by atoms with E-state index >= 15 is 0 Å². The lowest BCUT2D eigenvalue weighted by Crippen LogP contribution is -2.48. The Labute approximate surface area is 147 Å². The lowest BCUT2D eigenvalue weighted by molar-refractivity contribution is -0.121. The predicted octanol–water partition coefficient (Wildman–Crippen LogP) is 2.67. The van der Waals surface area contributed by atoms with Crippen LogP contribution in [-0.2, 0) is 4.79 Å². The molecule has 8 heteroatoms. The van der Waals surface area contributed by atoms with Crippen LogP contribution in [0.4, 0.5) is 5.69 Å². The second-order valence-electron chi connectivity index (χ2n) is 5.85. The monoisotopic (exact) mass is 360 g/mol. The fourth-order valence-corrected chi connectivity index (χ4v) is 2.79. The molecule has 1 aromatic carbocycles. The van der Waals surface area contributed by atoms with Gasteiger partial charge in [0.2, 0.25) is 5.91 Å². The Kier molecular flexibility index (Phi) is 6.41. The summed E-state index contributed by atoms with van der Waals surface area (Å²) >= 11 is 0. The van der Waals surface area contributed by atoms with Gasteiger partial charge in [-0.2, -0.15) is 0 Å². The van der Waals surface area contributed by atoms with Crippen LogP contribution in [0.3, 0.4) is 0 Å². The van der Waals surface area contributed by atoms with Gasteiger partial charge in [0.05, 0.1) is 16.6 Å². The second-order valence-corrected chi connectivity index (χ2v) is 5.85. The van der Waals surface area contributed by atoms with Crippen LogP contribution in [0, 0.1) is 0 Å². The van der Waals surface area contributed by atoms with Crippen molar-refractivity contribution in [3.8, 4) is 0 Å². The molecule has 1 atom stereocenters. The van der Waals surface area contributed by atoms with Crippen molar-refractivity contribution in [1.29, 1.82) is 0 Å².